The monoisotopic (exact) mass is 267 g/mol. The minimum absolute atomic E-state index is 0.336. The summed E-state index contributed by atoms with van der Waals surface area (Å²) in [7, 11) is 1.52. The lowest BCUT2D eigenvalue weighted by molar-refractivity contribution is 0.411. The Morgan fingerprint density at radius 3 is 2.45 bits per heavy atom. The van der Waals surface area contributed by atoms with Crippen molar-refractivity contribution in [1.82, 2.24) is 0 Å². The van der Waals surface area contributed by atoms with Crippen molar-refractivity contribution in [1.29, 1.82) is 0 Å². The largest absolute Gasteiger partial charge is 0.497 e. The summed E-state index contributed by atoms with van der Waals surface area (Å²) >= 11 is 0. The molecule has 0 aromatic heterocycles. The van der Waals surface area contributed by atoms with Gasteiger partial charge in [-0.1, -0.05) is 30.3 Å². The van der Waals surface area contributed by atoms with Crippen LogP contribution in [-0.2, 0) is 0 Å². The average molecular weight is 267 g/mol. The van der Waals surface area contributed by atoms with Crippen LogP contribution in [0.2, 0.25) is 0 Å². The lowest BCUT2D eigenvalue weighted by atomic mass is 10.1. The zero-order valence-electron chi connectivity index (χ0n) is 11.1. The summed E-state index contributed by atoms with van der Waals surface area (Å²) < 4.78 is 18.9. The normalized spacial score (nSPS) is 10.5. The molecule has 0 saturated carbocycles. The van der Waals surface area contributed by atoms with Crippen LogP contribution >= 0.6 is 0 Å². The molecule has 0 aliphatic heterocycles. The molecule has 3 heteroatoms. The Labute approximate surface area is 116 Å². The molecular weight excluding hydrogens is 253 g/mol. The van der Waals surface area contributed by atoms with Gasteiger partial charge in [0.25, 0.3) is 0 Å². The average Bonchev–Trinajstić information content (AvgIpc) is 2.49. The molecular formula is C17H14FNO. The van der Waals surface area contributed by atoms with E-state index in [1.54, 1.807) is 12.1 Å². The van der Waals surface area contributed by atoms with Crippen LogP contribution in [0.1, 0.15) is 0 Å². The molecule has 0 amide bonds. The highest BCUT2D eigenvalue weighted by atomic mass is 19.1. The van der Waals surface area contributed by atoms with Gasteiger partial charge in [0.05, 0.1) is 12.8 Å². The number of halogens is 1. The molecule has 0 bridgehead atoms. The summed E-state index contributed by atoms with van der Waals surface area (Å²) in [6.07, 6.45) is 0. The van der Waals surface area contributed by atoms with Crippen LogP contribution < -0.4 is 10.1 Å². The highest BCUT2D eigenvalue weighted by Gasteiger charge is 2.04. The molecule has 0 atom stereocenters. The maximum Gasteiger partial charge on any atom is 0.150 e. The third-order valence-electron chi connectivity index (χ3n) is 3.20. The number of hydrogen-bond donors (Lipinski definition) is 1. The summed E-state index contributed by atoms with van der Waals surface area (Å²) in [5.74, 6) is 0.170. The number of benzene rings is 3. The predicted molar refractivity (Wildman–Crippen MR) is 80.2 cm³/mol. The second-order valence-corrected chi connectivity index (χ2v) is 4.53. The van der Waals surface area contributed by atoms with Gasteiger partial charge in [-0.3, -0.25) is 0 Å². The van der Waals surface area contributed by atoms with E-state index in [1.807, 2.05) is 42.5 Å². The number of fused-ring (bicyclic) bond motifs is 1. The first-order valence-electron chi connectivity index (χ1n) is 6.35. The number of nitrogens with one attached hydrogen (secondary N) is 1. The maximum absolute atomic E-state index is 13.9. The Kier molecular flexibility index (Phi) is 3.25. The third kappa shape index (κ3) is 2.43. The molecule has 20 heavy (non-hydrogen) atoms. The van der Waals surface area contributed by atoms with Crippen LogP contribution in [0.3, 0.4) is 0 Å². The van der Waals surface area contributed by atoms with Gasteiger partial charge in [-0.2, -0.15) is 0 Å². The van der Waals surface area contributed by atoms with E-state index in [1.165, 1.54) is 13.2 Å². The molecule has 3 rings (SSSR count). The molecule has 0 unspecified atom stereocenters. The van der Waals surface area contributed by atoms with E-state index in [0.717, 1.165) is 16.5 Å². The van der Waals surface area contributed by atoms with Crippen LogP contribution in [0.4, 0.5) is 15.8 Å². The Balaban J connectivity index is 1.92. The lowest BCUT2D eigenvalue weighted by Crippen LogP contribution is -1.94. The van der Waals surface area contributed by atoms with E-state index >= 15 is 0 Å². The first-order chi connectivity index (χ1) is 9.76. The summed E-state index contributed by atoms with van der Waals surface area (Å²) in [6, 6.07) is 18.8. The maximum atomic E-state index is 13.9. The molecule has 0 aliphatic rings. The van der Waals surface area contributed by atoms with Crippen LogP contribution in [0.25, 0.3) is 10.8 Å². The Hall–Kier alpha value is -2.55. The molecule has 0 aliphatic carbocycles. The molecule has 2 nitrogen and oxygen atoms in total. The molecule has 3 aromatic carbocycles. The van der Waals surface area contributed by atoms with E-state index in [9.17, 15) is 4.39 Å². The smallest absolute Gasteiger partial charge is 0.150 e. The van der Waals surface area contributed by atoms with Crippen LogP contribution in [-0.4, -0.2) is 7.11 Å². The first kappa shape index (κ1) is 12.5. The highest BCUT2D eigenvalue weighted by Crippen LogP contribution is 2.26. The lowest BCUT2D eigenvalue weighted by Gasteiger charge is -2.09. The van der Waals surface area contributed by atoms with Crippen LogP contribution in [0.5, 0.6) is 5.75 Å². The van der Waals surface area contributed by atoms with Crippen molar-refractivity contribution in [2.24, 2.45) is 0 Å². The zero-order chi connectivity index (χ0) is 13.9. The molecule has 0 heterocycles. The molecule has 3 aromatic rings. The summed E-state index contributed by atoms with van der Waals surface area (Å²) in [5, 5.41) is 5.36. The molecule has 0 saturated heterocycles. The Morgan fingerprint density at radius 2 is 1.70 bits per heavy atom. The minimum Gasteiger partial charge on any atom is -0.497 e. The van der Waals surface area contributed by atoms with E-state index < -0.39 is 0 Å². The Bertz CT molecular complexity index is 755. The van der Waals surface area contributed by atoms with E-state index in [-0.39, 0.29) is 5.82 Å². The third-order valence-corrected chi connectivity index (χ3v) is 3.20. The quantitative estimate of drug-likeness (QED) is 0.740. The van der Waals surface area contributed by atoms with Gasteiger partial charge in [-0.25, -0.2) is 4.39 Å². The fourth-order valence-electron chi connectivity index (χ4n) is 2.15. The van der Waals surface area contributed by atoms with Gasteiger partial charge in [0, 0.05) is 11.8 Å². The highest BCUT2D eigenvalue weighted by molar-refractivity contribution is 5.86. The van der Waals surface area contributed by atoms with Crippen molar-refractivity contribution in [2.45, 2.75) is 0 Å². The van der Waals surface area contributed by atoms with Gasteiger partial charge in [-0.05, 0) is 35.0 Å². The second-order valence-electron chi connectivity index (χ2n) is 4.53. The molecule has 1 N–H and O–H groups in total. The van der Waals surface area contributed by atoms with Crippen molar-refractivity contribution in [2.75, 3.05) is 12.4 Å². The van der Waals surface area contributed by atoms with Crippen LogP contribution in [0, 0.1) is 5.82 Å². The zero-order valence-corrected chi connectivity index (χ0v) is 11.1. The SMILES string of the molecule is COc1ccc(Nc2ccc3ccccc3c2)c(F)c1. The van der Waals surface area contributed by atoms with Gasteiger partial charge in [-0.15, -0.1) is 0 Å². The standard InChI is InChI=1S/C17H14FNO/c1-20-15-8-9-17(16(18)11-15)19-14-7-6-12-4-2-3-5-13(12)10-14/h2-11,19H,1H3. The second kappa shape index (κ2) is 5.21. The number of hydrogen-bond acceptors (Lipinski definition) is 2. The first-order valence-corrected chi connectivity index (χ1v) is 6.35. The molecule has 0 fully saturated rings. The van der Waals surface area contributed by atoms with Gasteiger partial charge < -0.3 is 10.1 Å². The summed E-state index contributed by atoms with van der Waals surface area (Å²) in [5.41, 5.74) is 1.29. The summed E-state index contributed by atoms with van der Waals surface area (Å²) in [4.78, 5) is 0. The van der Waals surface area contributed by atoms with Crippen molar-refractivity contribution < 1.29 is 9.13 Å². The van der Waals surface area contributed by atoms with Gasteiger partial charge >= 0.3 is 0 Å². The van der Waals surface area contributed by atoms with Crippen molar-refractivity contribution in [3.8, 4) is 5.75 Å². The van der Waals surface area contributed by atoms with Gasteiger partial charge in [0.15, 0.2) is 0 Å². The summed E-state index contributed by atoms with van der Waals surface area (Å²) in [6.45, 7) is 0. The Morgan fingerprint density at radius 1 is 0.900 bits per heavy atom. The number of ether oxygens (including phenoxy) is 1. The topological polar surface area (TPSA) is 21.3 Å². The fraction of sp³-hybridized carbons (Fsp3) is 0.0588. The van der Waals surface area contributed by atoms with Crippen molar-refractivity contribution >= 4 is 22.1 Å². The number of methoxy groups -OCH3 is 1. The minimum atomic E-state index is -0.336. The van der Waals surface area contributed by atoms with Gasteiger partial charge in [0.2, 0.25) is 0 Å². The van der Waals surface area contributed by atoms with Gasteiger partial charge in [0.1, 0.15) is 11.6 Å². The predicted octanol–water partition coefficient (Wildman–Crippen LogP) is 4.73. The molecule has 0 spiro atoms. The fourth-order valence-corrected chi connectivity index (χ4v) is 2.15. The number of anilines is 2. The van der Waals surface area contributed by atoms with E-state index in [0.29, 0.717) is 11.4 Å². The van der Waals surface area contributed by atoms with Crippen molar-refractivity contribution in [3.05, 3.63) is 66.5 Å². The van der Waals surface area contributed by atoms with Crippen LogP contribution in [0.15, 0.2) is 60.7 Å². The number of rotatable bonds is 3. The molecule has 0 radical (unpaired) electrons. The van der Waals surface area contributed by atoms with E-state index in [4.69, 9.17) is 4.74 Å². The molecule has 100 valence electrons. The van der Waals surface area contributed by atoms with Crippen molar-refractivity contribution in [3.63, 3.8) is 0 Å². The van der Waals surface area contributed by atoms with E-state index in [2.05, 4.69) is 5.32 Å².